The van der Waals surface area contributed by atoms with Gasteiger partial charge in [-0.05, 0) is 49.8 Å². The summed E-state index contributed by atoms with van der Waals surface area (Å²) >= 11 is 3.31. The van der Waals surface area contributed by atoms with Crippen molar-refractivity contribution in [1.29, 1.82) is 0 Å². The second-order valence-corrected chi connectivity index (χ2v) is 6.01. The predicted octanol–water partition coefficient (Wildman–Crippen LogP) is 4.14. The van der Waals surface area contributed by atoms with Crippen molar-refractivity contribution in [2.24, 2.45) is 5.92 Å². The Labute approximate surface area is 116 Å². The van der Waals surface area contributed by atoms with Crippen molar-refractivity contribution in [2.45, 2.75) is 38.6 Å². The first-order valence-electron chi connectivity index (χ1n) is 6.35. The smallest absolute Gasteiger partial charge is 0.337 e. The minimum Gasteiger partial charge on any atom is -0.478 e. The molecule has 1 aromatic rings. The lowest BCUT2D eigenvalue weighted by molar-refractivity contribution is 0.0698. The maximum absolute atomic E-state index is 11.2. The molecule has 1 saturated carbocycles. The number of carbonyl (C=O) groups is 1. The highest BCUT2D eigenvalue weighted by Crippen LogP contribution is 2.28. The molecule has 0 spiro atoms. The molecule has 98 valence electrons. The van der Waals surface area contributed by atoms with Crippen molar-refractivity contribution < 1.29 is 9.90 Å². The van der Waals surface area contributed by atoms with Crippen LogP contribution in [0, 0.1) is 5.92 Å². The van der Waals surface area contributed by atoms with Crippen LogP contribution in [-0.2, 0) is 0 Å². The number of hydrogen-bond acceptors (Lipinski definition) is 2. The lowest BCUT2D eigenvalue weighted by Gasteiger charge is -2.28. The van der Waals surface area contributed by atoms with Gasteiger partial charge in [0.1, 0.15) is 0 Å². The van der Waals surface area contributed by atoms with Crippen LogP contribution < -0.4 is 5.32 Å². The number of rotatable bonds is 3. The van der Waals surface area contributed by atoms with Crippen LogP contribution in [-0.4, -0.2) is 17.1 Å². The molecular weight excluding hydrogens is 294 g/mol. The van der Waals surface area contributed by atoms with Gasteiger partial charge in [0.25, 0.3) is 0 Å². The van der Waals surface area contributed by atoms with E-state index in [1.54, 1.807) is 6.07 Å². The van der Waals surface area contributed by atoms with Crippen molar-refractivity contribution in [2.75, 3.05) is 5.32 Å². The SMILES string of the molecule is CC1CCC(Nc2ccc(Br)cc2C(=O)O)CC1. The van der Waals surface area contributed by atoms with Gasteiger partial charge in [-0.3, -0.25) is 0 Å². The van der Waals surface area contributed by atoms with Gasteiger partial charge < -0.3 is 10.4 Å². The molecule has 0 aliphatic heterocycles. The fraction of sp³-hybridized carbons (Fsp3) is 0.500. The van der Waals surface area contributed by atoms with E-state index in [4.69, 9.17) is 0 Å². The number of hydrogen-bond donors (Lipinski definition) is 2. The Morgan fingerprint density at radius 2 is 2.00 bits per heavy atom. The molecule has 0 bridgehead atoms. The Morgan fingerprint density at radius 3 is 2.61 bits per heavy atom. The molecular formula is C14H18BrNO2. The van der Waals surface area contributed by atoms with Crippen LogP contribution in [0.3, 0.4) is 0 Å². The fourth-order valence-corrected chi connectivity index (χ4v) is 2.80. The summed E-state index contributed by atoms with van der Waals surface area (Å²) in [6, 6.07) is 5.77. The number of halogens is 1. The van der Waals surface area contributed by atoms with Crippen LogP contribution in [0.2, 0.25) is 0 Å². The summed E-state index contributed by atoms with van der Waals surface area (Å²) in [7, 11) is 0. The van der Waals surface area contributed by atoms with Crippen LogP contribution in [0.5, 0.6) is 0 Å². The second kappa shape index (κ2) is 5.74. The summed E-state index contributed by atoms with van der Waals surface area (Å²) in [6.07, 6.45) is 4.68. The molecule has 1 aliphatic carbocycles. The average Bonchev–Trinajstić information content (AvgIpc) is 2.34. The molecule has 2 rings (SSSR count). The summed E-state index contributed by atoms with van der Waals surface area (Å²) in [5, 5.41) is 12.6. The van der Waals surface area contributed by atoms with E-state index < -0.39 is 5.97 Å². The highest BCUT2D eigenvalue weighted by atomic mass is 79.9. The van der Waals surface area contributed by atoms with Gasteiger partial charge in [-0.25, -0.2) is 4.79 Å². The van der Waals surface area contributed by atoms with Gasteiger partial charge in [-0.2, -0.15) is 0 Å². The van der Waals surface area contributed by atoms with E-state index in [1.165, 1.54) is 12.8 Å². The lowest BCUT2D eigenvalue weighted by Crippen LogP contribution is -2.26. The molecule has 1 aromatic carbocycles. The summed E-state index contributed by atoms with van der Waals surface area (Å²) in [5.41, 5.74) is 1.06. The summed E-state index contributed by atoms with van der Waals surface area (Å²) in [6.45, 7) is 2.28. The molecule has 2 N–H and O–H groups in total. The van der Waals surface area contributed by atoms with Gasteiger partial charge >= 0.3 is 5.97 Å². The van der Waals surface area contributed by atoms with E-state index in [0.717, 1.165) is 28.9 Å². The highest BCUT2D eigenvalue weighted by Gasteiger charge is 2.20. The van der Waals surface area contributed by atoms with E-state index in [9.17, 15) is 9.90 Å². The number of aromatic carboxylic acids is 1. The second-order valence-electron chi connectivity index (χ2n) is 5.10. The number of benzene rings is 1. The lowest BCUT2D eigenvalue weighted by atomic mass is 9.87. The van der Waals surface area contributed by atoms with Crippen LogP contribution in [0.25, 0.3) is 0 Å². The minimum atomic E-state index is -0.886. The largest absolute Gasteiger partial charge is 0.478 e. The summed E-state index contributed by atoms with van der Waals surface area (Å²) in [4.78, 5) is 11.2. The number of carboxylic acids is 1. The van der Waals surface area contributed by atoms with Crippen molar-refractivity contribution in [1.82, 2.24) is 0 Å². The third-order valence-corrected chi connectivity index (χ3v) is 4.08. The molecule has 0 heterocycles. The minimum absolute atomic E-state index is 0.336. The first kappa shape index (κ1) is 13.4. The van der Waals surface area contributed by atoms with Crippen LogP contribution in [0.1, 0.15) is 43.0 Å². The Hall–Kier alpha value is -1.03. The molecule has 4 heteroatoms. The first-order chi connectivity index (χ1) is 8.56. The molecule has 0 unspecified atom stereocenters. The van der Waals surface area contributed by atoms with E-state index >= 15 is 0 Å². The Bertz CT molecular complexity index is 439. The Balaban J connectivity index is 2.11. The van der Waals surface area contributed by atoms with E-state index in [0.29, 0.717) is 11.6 Å². The number of anilines is 1. The van der Waals surface area contributed by atoms with Crippen LogP contribution in [0.15, 0.2) is 22.7 Å². The quantitative estimate of drug-likeness (QED) is 0.882. The van der Waals surface area contributed by atoms with E-state index in [1.807, 2.05) is 12.1 Å². The fourth-order valence-electron chi connectivity index (χ4n) is 2.44. The zero-order valence-electron chi connectivity index (χ0n) is 10.4. The van der Waals surface area contributed by atoms with Crippen LogP contribution in [0.4, 0.5) is 5.69 Å². The zero-order chi connectivity index (χ0) is 13.1. The normalized spacial score (nSPS) is 23.7. The van der Waals surface area contributed by atoms with Crippen LogP contribution >= 0.6 is 15.9 Å². The standard InChI is InChI=1S/C14H18BrNO2/c1-9-2-5-11(6-3-9)16-13-7-4-10(15)8-12(13)14(17)18/h4,7-9,11,16H,2-3,5-6H2,1H3,(H,17,18). The van der Waals surface area contributed by atoms with Crippen molar-refractivity contribution in [3.63, 3.8) is 0 Å². The molecule has 0 saturated heterocycles. The number of nitrogens with one attached hydrogen (secondary N) is 1. The van der Waals surface area contributed by atoms with Gasteiger partial charge in [0.05, 0.1) is 5.56 Å². The molecule has 0 amide bonds. The molecule has 1 aliphatic rings. The average molecular weight is 312 g/mol. The summed E-state index contributed by atoms with van der Waals surface area (Å²) < 4.78 is 0.794. The van der Waals surface area contributed by atoms with Crippen molar-refractivity contribution in [3.05, 3.63) is 28.2 Å². The molecule has 0 radical (unpaired) electrons. The van der Waals surface area contributed by atoms with Crippen molar-refractivity contribution >= 4 is 27.6 Å². The monoisotopic (exact) mass is 311 g/mol. The third-order valence-electron chi connectivity index (χ3n) is 3.59. The Morgan fingerprint density at radius 1 is 1.33 bits per heavy atom. The highest BCUT2D eigenvalue weighted by molar-refractivity contribution is 9.10. The molecule has 0 atom stereocenters. The predicted molar refractivity (Wildman–Crippen MR) is 76.1 cm³/mol. The third kappa shape index (κ3) is 3.25. The van der Waals surface area contributed by atoms with Gasteiger partial charge in [0, 0.05) is 16.2 Å². The molecule has 0 aromatic heterocycles. The topological polar surface area (TPSA) is 49.3 Å². The van der Waals surface area contributed by atoms with Crippen molar-refractivity contribution in [3.8, 4) is 0 Å². The van der Waals surface area contributed by atoms with Gasteiger partial charge in [0.15, 0.2) is 0 Å². The number of carboxylic acid groups (broad SMARTS) is 1. The molecule has 3 nitrogen and oxygen atoms in total. The van der Waals surface area contributed by atoms with Gasteiger partial charge in [-0.15, -0.1) is 0 Å². The maximum atomic E-state index is 11.2. The molecule has 1 fully saturated rings. The van der Waals surface area contributed by atoms with Gasteiger partial charge in [0.2, 0.25) is 0 Å². The maximum Gasteiger partial charge on any atom is 0.337 e. The Kier molecular flexibility index (Phi) is 4.27. The molecule has 18 heavy (non-hydrogen) atoms. The van der Waals surface area contributed by atoms with Gasteiger partial charge in [-0.1, -0.05) is 22.9 Å². The zero-order valence-corrected chi connectivity index (χ0v) is 12.0. The van der Waals surface area contributed by atoms with E-state index in [-0.39, 0.29) is 0 Å². The summed E-state index contributed by atoms with van der Waals surface area (Å²) in [5.74, 6) is -0.0881. The first-order valence-corrected chi connectivity index (χ1v) is 7.15. The van der Waals surface area contributed by atoms with E-state index in [2.05, 4.69) is 28.2 Å².